The number of nitrogens with zero attached hydrogens (tertiary/aromatic N) is 3. The Morgan fingerprint density at radius 1 is 1.14 bits per heavy atom. The summed E-state index contributed by atoms with van der Waals surface area (Å²) in [6, 6.07) is 19.6. The summed E-state index contributed by atoms with van der Waals surface area (Å²) in [5, 5.41) is 26.0. The van der Waals surface area contributed by atoms with Crippen molar-refractivity contribution in [2.24, 2.45) is 0 Å². The standard InChI is InChI=1S/C19H12N4O2S.C2H6/c20-11-14-12-26-19(23(24)25)18(14)21-15-7-6-13-8-9-22(17(13)10-15)16-4-2-1-3-5-16;1-2/h1-10,12,21H;1-2H3. The van der Waals surface area contributed by atoms with E-state index in [2.05, 4.69) is 5.32 Å². The van der Waals surface area contributed by atoms with E-state index in [4.69, 9.17) is 0 Å². The van der Waals surface area contributed by atoms with Crippen molar-refractivity contribution in [3.63, 3.8) is 0 Å². The monoisotopic (exact) mass is 390 g/mol. The first kappa shape index (κ1) is 19.1. The zero-order valence-electron chi connectivity index (χ0n) is 15.4. The molecule has 4 rings (SSSR count). The maximum absolute atomic E-state index is 11.2. The van der Waals surface area contributed by atoms with Crippen molar-refractivity contribution in [3.05, 3.63) is 81.9 Å². The summed E-state index contributed by atoms with van der Waals surface area (Å²) in [6.45, 7) is 4.00. The molecular formula is C21H18N4O2S. The van der Waals surface area contributed by atoms with Gasteiger partial charge in [-0.3, -0.25) is 10.1 Å². The third-order valence-electron chi connectivity index (χ3n) is 4.05. The summed E-state index contributed by atoms with van der Waals surface area (Å²) in [5.74, 6) is 0. The Hall–Kier alpha value is -3.63. The molecule has 2 aromatic heterocycles. The summed E-state index contributed by atoms with van der Waals surface area (Å²) >= 11 is 0.944. The average molecular weight is 390 g/mol. The maximum atomic E-state index is 11.2. The number of rotatable bonds is 4. The van der Waals surface area contributed by atoms with Gasteiger partial charge in [0.25, 0.3) is 0 Å². The van der Waals surface area contributed by atoms with Gasteiger partial charge in [-0.15, -0.1) is 0 Å². The van der Waals surface area contributed by atoms with Gasteiger partial charge in [-0.25, -0.2) is 0 Å². The first-order valence-corrected chi connectivity index (χ1v) is 9.65. The van der Waals surface area contributed by atoms with Crippen LogP contribution in [-0.2, 0) is 0 Å². The Labute approximate surface area is 166 Å². The molecule has 0 aliphatic rings. The van der Waals surface area contributed by atoms with Gasteiger partial charge in [-0.2, -0.15) is 5.26 Å². The first-order valence-electron chi connectivity index (χ1n) is 8.77. The lowest BCUT2D eigenvalue weighted by Crippen LogP contribution is -1.96. The highest BCUT2D eigenvalue weighted by Gasteiger charge is 2.21. The van der Waals surface area contributed by atoms with E-state index in [0.29, 0.717) is 5.69 Å². The second-order valence-electron chi connectivity index (χ2n) is 5.62. The van der Waals surface area contributed by atoms with Crippen molar-refractivity contribution in [2.45, 2.75) is 13.8 Å². The highest BCUT2D eigenvalue weighted by atomic mass is 32.1. The van der Waals surface area contributed by atoms with Gasteiger partial charge < -0.3 is 9.88 Å². The second kappa shape index (κ2) is 8.37. The van der Waals surface area contributed by atoms with E-state index in [1.165, 1.54) is 5.38 Å². The Bertz CT molecular complexity index is 1160. The van der Waals surface area contributed by atoms with Gasteiger partial charge in [-0.1, -0.05) is 49.4 Å². The van der Waals surface area contributed by atoms with Crippen molar-refractivity contribution in [1.29, 1.82) is 5.26 Å². The number of aromatic nitrogens is 1. The third-order valence-corrected chi connectivity index (χ3v) is 4.98. The van der Waals surface area contributed by atoms with Crippen molar-refractivity contribution in [2.75, 3.05) is 5.32 Å². The molecule has 1 N–H and O–H groups in total. The molecule has 0 saturated heterocycles. The lowest BCUT2D eigenvalue weighted by Gasteiger charge is -2.08. The number of thiophene rings is 1. The van der Waals surface area contributed by atoms with Crippen LogP contribution in [-0.4, -0.2) is 9.49 Å². The molecule has 0 bridgehead atoms. The smallest absolute Gasteiger partial charge is 0.348 e. The Morgan fingerprint density at radius 3 is 2.57 bits per heavy atom. The van der Waals surface area contributed by atoms with Crippen LogP contribution >= 0.6 is 11.3 Å². The summed E-state index contributed by atoms with van der Waals surface area (Å²) in [4.78, 5) is 10.7. The number of fused-ring (bicyclic) bond motifs is 1. The van der Waals surface area contributed by atoms with E-state index in [0.717, 1.165) is 27.9 Å². The lowest BCUT2D eigenvalue weighted by molar-refractivity contribution is -0.379. The number of benzene rings is 2. The van der Waals surface area contributed by atoms with Crippen molar-refractivity contribution < 1.29 is 4.92 Å². The van der Waals surface area contributed by atoms with Crippen LogP contribution in [0.4, 0.5) is 16.4 Å². The number of para-hydroxylation sites is 1. The fourth-order valence-electron chi connectivity index (χ4n) is 2.85. The molecule has 7 heteroatoms. The van der Waals surface area contributed by atoms with Gasteiger partial charge in [0.1, 0.15) is 11.8 Å². The molecule has 6 nitrogen and oxygen atoms in total. The molecular weight excluding hydrogens is 372 g/mol. The van der Waals surface area contributed by atoms with Crippen molar-refractivity contribution >= 4 is 38.6 Å². The van der Waals surface area contributed by atoms with Crippen LogP contribution in [0.1, 0.15) is 19.4 Å². The topological polar surface area (TPSA) is 83.9 Å². The molecule has 4 aromatic rings. The fourth-order valence-corrected chi connectivity index (χ4v) is 3.61. The number of nitrogens with one attached hydrogen (secondary N) is 1. The second-order valence-corrected chi connectivity index (χ2v) is 6.48. The third kappa shape index (κ3) is 3.59. The molecule has 28 heavy (non-hydrogen) atoms. The zero-order chi connectivity index (χ0) is 20.1. The van der Waals surface area contributed by atoms with E-state index < -0.39 is 4.92 Å². The quantitative estimate of drug-likeness (QED) is 0.330. The Kier molecular flexibility index (Phi) is 5.72. The number of nitro groups is 1. The molecule has 2 heterocycles. The normalized spacial score (nSPS) is 10.0. The average Bonchev–Trinajstić information content (AvgIpc) is 3.34. The minimum Gasteiger partial charge on any atom is -0.348 e. The van der Waals surface area contributed by atoms with E-state index in [-0.39, 0.29) is 16.3 Å². The van der Waals surface area contributed by atoms with Gasteiger partial charge in [0.2, 0.25) is 0 Å². The van der Waals surface area contributed by atoms with Gasteiger partial charge >= 0.3 is 5.00 Å². The number of nitriles is 1. The molecule has 0 aliphatic carbocycles. The van der Waals surface area contributed by atoms with E-state index in [1.54, 1.807) is 0 Å². The SMILES string of the molecule is CC.N#Cc1csc([N+](=O)[O-])c1Nc1ccc2ccn(-c3ccccc3)c2c1. The largest absolute Gasteiger partial charge is 0.348 e. The van der Waals surface area contributed by atoms with Gasteiger partial charge in [-0.05, 0) is 30.3 Å². The van der Waals surface area contributed by atoms with Crippen LogP contribution < -0.4 is 5.32 Å². The van der Waals surface area contributed by atoms with Crippen molar-refractivity contribution in [1.82, 2.24) is 4.57 Å². The first-order chi connectivity index (χ1) is 13.7. The molecule has 0 amide bonds. The highest BCUT2D eigenvalue weighted by molar-refractivity contribution is 7.14. The Balaban J connectivity index is 0.00000109. The predicted molar refractivity (Wildman–Crippen MR) is 114 cm³/mol. The van der Waals surface area contributed by atoms with Crippen LogP contribution in [0.25, 0.3) is 16.6 Å². The minimum absolute atomic E-state index is 0.0694. The van der Waals surface area contributed by atoms with E-state index >= 15 is 0 Å². The molecule has 0 unspecified atom stereocenters. The molecule has 0 saturated carbocycles. The molecule has 0 atom stereocenters. The van der Waals surface area contributed by atoms with Gasteiger partial charge in [0.05, 0.1) is 16.0 Å². The molecule has 0 aliphatic heterocycles. The summed E-state index contributed by atoms with van der Waals surface area (Å²) in [6.07, 6.45) is 1.98. The Morgan fingerprint density at radius 2 is 1.89 bits per heavy atom. The fraction of sp³-hybridized carbons (Fsp3) is 0.0952. The molecule has 0 spiro atoms. The molecule has 0 radical (unpaired) electrons. The van der Waals surface area contributed by atoms with E-state index in [9.17, 15) is 15.4 Å². The number of anilines is 2. The lowest BCUT2D eigenvalue weighted by atomic mass is 10.2. The predicted octanol–water partition coefficient (Wildman–Crippen LogP) is 6.24. The number of hydrogen-bond donors (Lipinski definition) is 1. The number of hydrogen-bond acceptors (Lipinski definition) is 5. The zero-order valence-corrected chi connectivity index (χ0v) is 16.2. The van der Waals surface area contributed by atoms with Crippen LogP contribution in [0.15, 0.2) is 66.2 Å². The van der Waals surface area contributed by atoms with E-state index in [1.807, 2.05) is 85.3 Å². The van der Waals surface area contributed by atoms with Crippen LogP contribution in [0.2, 0.25) is 0 Å². The molecule has 2 aromatic carbocycles. The van der Waals surface area contributed by atoms with Gasteiger partial charge in [0.15, 0.2) is 0 Å². The summed E-state index contributed by atoms with van der Waals surface area (Å²) in [7, 11) is 0. The van der Waals surface area contributed by atoms with Crippen LogP contribution in [0.5, 0.6) is 0 Å². The minimum atomic E-state index is -0.473. The maximum Gasteiger partial charge on any atom is 0.348 e. The van der Waals surface area contributed by atoms with Gasteiger partial charge in [0, 0.05) is 28.3 Å². The van der Waals surface area contributed by atoms with Crippen LogP contribution in [0, 0.1) is 21.4 Å². The summed E-state index contributed by atoms with van der Waals surface area (Å²) in [5.41, 5.74) is 3.18. The molecule has 140 valence electrons. The van der Waals surface area contributed by atoms with Crippen LogP contribution in [0.3, 0.4) is 0 Å². The van der Waals surface area contributed by atoms with Crippen molar-refractivity contribution in [3.8, 4) is 11.8 Å². The highest BCUT2D eigenvalue weighted by Crippen LogP contribution is 2.37. The summed E-state index contributed by atoms with van der Waals surface area (Å²) < 4.78 is 2.05. The molecule has 0 fully saturated rings.